The number of hydrogen-bond donors (Lipinski definition) is 2. The molecule has 18 heavy (non-hydrogen) atoms. The van der Waals surface area contributed by atoms with Gasteiger partial charge in [0.1, 0.15) is 0 Å². The Kier molecular flexibility index (Phi) is 3.61. The standard InChI is InChI=1S/C13H17N3OS/c1-9-3-6-15-7-10(9)8-16-12(17)13(11(14)18)4-2-5-13/h3,6-7H,2,4-5,8H2,1H3,(H2,14,18)(H,16,17). The van der Waals surface area contributed by atoms with Crippen LogP contribution in [0.4, 0.5) is 0 Å². The second kappa shape index (κ2) is 5.02. The summed E-state index contributed by atoms with van der Waals surface area (Å²) in [5.74, 6) is -0.0514. The monoisotopic (exact) mass is 263 g/mol. The van der Waals surface area contributed by atoms with Crippen LogP contribution in [-0.2, 0) is 11.3 Å². The van der Waals surface area contributed by atoms with E-state index < -0.39 is 5.41 Å². The fraction of sp³-hybridized carbons (Fsp3) is 0.462. The minimum Gasteiger partial charge on any atom is -0.392 e. The fourth-order valence-corrected chi connectivity index (χ4v) is 2.44. The van der Waals surface area contributed by atoms with Crippen molar-refractivity contribution in [2.24, 2.45) is 11.1 Å². The highest BCUT2D eigenvalue weighted by molar-refractivity contribution is 7.80. The number of hydrogen-bond acceptors (Lipinski definition) is 3. The van der Waals surface area contributed by atoms with Gasteiger partial charge in [0.15, 0.2) is 0 Å². The Labute approximate surface area is 112 Å². The molecular weight excluding hydrogens is 246 g/mol. The average Bonchev–Trinajstić information content (AvgIpc) is 2.26. The first-order valence-corrected chi connectivity index (χ1v) is 6.45. The molecule has 0 aromatic carbocycles. The van der Waals surface area contributed by atoms with Crippen LogP contribution < -0.4 is 11.1 Å². The quantitative estimate of drug-likeness (QED) is 0.807. The van der Waals surface area contributed by atoms with Gasteiger partial charge in [0.05, 0.1) is 10.4 Å². The molecule has 1 saturated carbocycles. The van der Waals surface area contributed by atoms with Crippen LogP contribution in [0.1, 0.15) is 30.4 Å². The summed E-state index contributed by atoms with van der Waals surface area (Å²) >= 11 is 5.02. The lowest BCUT2D eigenvalue weighted by atomic mass is 9.68. The van der Waals surface area contributed by atoms with Gasteiger partial charge in [-0.05, 0) is 37.0 Å². The highest BCUT2D eigenvalue weighted by Gasteiger charge is 2.46. The van der Waals surface area contributed by atoms with Crippen LogP contribution >= 0.6 is 12.2 Å². The first-order valence-electron chi connectivity index (χ1n) is 6.04. The number of pyridine rings is 1. The van der Waals surface area contributed by atoms with E-state index in [-0.39, 0.29) is 5.91 Å². The summed E-state index contributed by atoms with van der Waals surface area (Å²) in [7, 11) is 0. The van der Waals surface area contributed by atoms with Gasteiger partial charge in [0.2, 0.25) is 5.91 Å². The summed E-state index contributed by atoms with van der Waals surface area (Å²) in [6.45, 7) is 2.47. The molecule has 1 aromatic rings. The van der Waals surface area contributed by atoms with Crippen molar-refractivity contribution in [2.45, 2.75) is 32.7 Å². The number of carbonyl (C=O) groups excluding carboxylic acids is 1. The summed E-state index contributed by atoms with van der Waals surface area (Å²) in [6, 6.07) is 1.92. The van der Waals surface area contributed by atoms with Crippen molar-refractivity contribution in [1.82, 2.24) is 10.3 Å². The van der Waals surface area contributed by atoms with Crippen molar-refractivity contribution in [2.75, 3.05) is 0 Å². The van der Waals surface area contributed by atoms with E-state index >= 15 is 0 Å². The highest BCUT2D eigenvalue weighted by atomic mass is 32.1. The molecule has 0 unspecified atom stereocenters. The maximum absolute atomic E-state index is 12.2. The van der Waals surface area contributed by atoms with Crippen molar-refractivity contribution >= 4 is 23.1 Å². The molecule has 0 radical (unpaired) electrons. The lowest BCUT2D eigenvalue weighted by Crippen LogP contribution is -2.52. The summed E-state index contributed by atoms with van der Waals surface area (Å²) < 4.78 is 0. The van der Waals surface area contributed by atoms with Gasteiger partial charge in [-0.25, -0.2) is 0 Å². The summed E-state index contributed by atoms with van der Waals surface area (Å²) in [4.78, 5) is 16.5. The number of aromatic nitrogens is 1. The second-order valence-electron chi connectivity index (χ2n) is 4.78. The number of aryl methyl sites for hydroxylation is 1. The van der Waals surface area contributed by atoms with Crippen molar-refractivity contribution in [3.63, 3.8) is 0 Å². The topological polar surface area (TPSA) is 68.0 Å². The molecule has 2 rings (SSSR count). The second-order valence-corrected chi connectivity index (χ2v) is 5.22. The number of carbonyl (C=O) groups is 1. The minimum absolute atomic E-state index is 0.0514. The molecule has 1 aliphatic rings. The van der Waals surface area contributed by atoms with E-state index in [1.807, 2.05) is 13.0 Å². The van der Waals surface area contributed by atoms with Gasteiger partial charge in [0.25, 0.3) is 0 Å². The van der Waals surface area contributed by atoms with Gasteiger partial charge in [-0.3, -0.25) is 9.78 Å². The predicted octanol–water partition coefficient (Wildman–Crippen LogP) is 1.46. The molecule has 0 aliphatic heterocycles. The third kappa shape index (κ3) is 2.22. The number of nitrogens with one attached hydrogen (secondary N) is 1. The van der Waals surface area contributed by atoms with Crippen LogP contribution in [-0.4, -0.2) is 15.9 Å². The molecule has 1 aromatic heterocycles. The van der Waals surface area contributed by atoms with Gasteiger partial charge in [0, 0.05) is 18.9 Å². The molecule has 1 aliphatic carbocycles. The van der Waals surface area contributed by atoms with Gasteiger partial charge in [-0.15, -0.1) is 0 Å². The Morgan fingerprint density at radius 2 is 2.33 bits per heavy atom. The van der Waals surface area contributed by atoms with E-state index in [1.165, 1.54) is 0 Å². The van der Waals surface area contributed by atoms with Crippen molar-refractivity contribution in [3.05, 3.63) is 29.6 Å². The molecule has 0 atom stereocenters. The van der Waals surface area contributed by atoms with E-state index in [1.54, 1.807) is 12.4 Å². The molecule has 3 N–H and O–H groups in total. The number of rotatable bonds is 4. The normalized spacial score (nSPS) is 16.7. The zero-order chi connectivity index (χ0) is 13.2. The van der Waals surface area contributed by atoms with E-state index in [0.717, 1.165) is 30.4 Å². The SMILES string of the molecule is Cc1ccncc1CNC(=O)C1(C(N)=S)CCC1. The molecule has 0 bridgehead atoms. The van der Waals surface area contributed by atoms with Crippen molar-refractivity contribution < 1.29 is 4.79 Å². The van der Waals surface area contributed by atoms with E-state index in [0.29, 0.717) is 11.5 Å². The first-order chi connectivity index (χ1) is 8.56. The Hall–Kier alpha value is -1.49. The van der Waals surface area contributed by atoms with E-state index in [2.05, 4.69) is 10.3 Å². The third-order valence-electron chi connectivity index (χ3n) is 3.70. The van der Waals surface area contributed by atoms with Crippen LogP contribution in [0, 0.1) is 12.3 Å². The maximum atomic E-state index is 12.2. The van der Waals surface area contributed by atoms with Crippen molar-refractivity contribution in [3.8, 4) is 0 Å². The van der Waals surface area contributed by atoms with Gasteiger partial charge < -0.3 is 11.1 Å². The lowest BCUT2D eigenvalue weighted by Gasteiger charge is -2.39. The highest BCUT2D eigenvalue weighted by Crippen LogP contribution is 2.41. The Bertz CT molecular complexity index is 483. The molecule has 0 saturated heterocycles. The van der Waals surface area contributed by atoms with Crippen LogP contribution in [0.15, 0.2) is 18.5 Å². The van der Waals surface area contributed by atoms with Gasteiger partial charge in [-0.1, -0.05) is 18.6 Å². The Morgan fingerprint density at radius 1 is 1.61 bits per heavy atom. The summed E-state index contributed by atoms with van der Waals surface area (Å²) in [6.07, 6.45) is 6.05. The molecule has 5 heteroatoms. The summed E-state index contributed by atoms with van der Waals surface area (Å²) in [5.41, 5.74) is 7.22. The molecule has 1 amide bonds. The molecule has 4 nitrogen and oxygen atoms in total. The molecule has 96 valence electrons. The molecule has 0 spiro atoms. The molecule has 1 fully saturated rings. The van der Waals surface area contributed by atoms with Crippen LogP contribution in [0.2, 0.25) is 0 Å². The number of thiocarbonyl (C=S) groups is 1. The number of amides is 1. The van der Waals surface area contributed by atoms with Crippen LogP contribution in [0.3, 0.4) is 0 Å². The smallest absolute Gasteiger partial charge is 0.233 e. The predicted molar refractivity (Wildman–Crippen MR) is 73.9 cm³/mol. The van der Waals surface area contributed by atoms with E-state index in [9.17, 15) is 4.79 Å². The fourth-order valence-electron chi connectivity index (χ4n) is 2.14. The Balaban J connectivity index is 2.01. The van der Waals surface area contributed by atoms with E-state index in [4.69, 9.17) is 18.0 Å². The minimum atomic E-state index is -0.606. The Morgan fingerprint density at radius 3 is 2.83 bits per heavy atom. The average molecular weight is 263 g/mol. The number of nitrogens with zero attached hydrogens (tertiary/aromatic N) is 1. The molecule has 1 heterocycles. The zero-order valence-corrected chi connectivity index (χ0v) is 11.2. The zero-order valence-electron chi connectivity index (χ0n) is 10.4. The third-order valence-corrected chi connectivity index (χ3v) is 4.09. The lowest BCUT2D eigenvalue weighted by molar-refractivity contribution is -0.131. The largest absolute Gasteiger partial charge is 0.392 e. The number of nitrogens with two attached hydrogens (primary N) is 1. The molecular formula is C13H17N3OS. The van der Waals surface area contributed by atoms with Gasteiger partial charge in [-0.2, -0.15) is 0 Å². The van der Waals surface area contributed by atoms with Crippen LogP contribution in [0.25, 0.3) is 0 Å². The van der Waals surface area contributed by atoms with Gasteiger partial charge >= 0.3 is 0 Å². The maximum Gasteiger partial charge on any atom is 0.233 e. The summed E-state index contributed by atoms with van der Waals surface area (Å²) in [5, 5.41) is 2.92. The first kappa shape index (κ1) is 13.0. The van der Waals surface area contributed by atoms with Crippen LogP contribution in [0.5, 0.6) is 0 Å². The van der Waals surface area contributed by atoms with Crippen molar-refractivity contribution in [1.29, 1.82) is 0 Å².